The molecule has 5 nitrogen and oxygen atoms in total. The molecule has 0 spiro atoms. The van der Waals surface area contributed by atoms with Crippen LogP contribution in [0.3, 0.4) is 0 Å². The topological polar surface area (TPSA) is 63.4 Å². The Morgan fingerprint density at radius 1 is 1.40 bits per heavy atom. The Labute approximate surface area is 121 Å². The minimum Gasteiger partial charge on any atom is -0.355 e. The first-order valence-corrected chi connectivity index (χ1v) is 7.95. The monoisotopic (exact) mass is 294 g/mol. The number of carbonyl (C=O) groups excluding carboxylic acids is 1. The standard InChI is InChI=1S/C14H18N2O3S/c1-9(17)13-8-12(16(18)19)14(20-13)15-7-3-5-10-4-2-6-11(10)15/h8,10-11H,2-7H2,1H3. The van der Waals surface area contributed by atoms with Crippen molar-refractivity contribution in [3.8, 4) is 0 Å². The summed E-state index contributed by atoms with van der Waals surface area (Å²) in [6.45, 7) is 2.34. The van der Waals surface area contributed by atoms with Crippen molar-refractivity contribution in [2.75, 3.05) is 11.4 Å². The van der Waals surface area contributed by atoms with Crippen LogP contribution in [0.25, 0.3) is 0 Å². The Morgan fingerprint density at radius 3 is 2.85 bits per heavy atom. The number of carbonyl (C=O) groups is 1. The van der Waals surface area contributed by atoms with Gasteiger partial charge in [-0.2, -0.15) is 0 Å². The number of hydrogen-bond donors (Lipinski definition) is 0. The minimum atomic E-state index is -0.350. The van der Waals surface area contributed by atoms with Crippen LogP contribution in [0.2, 0.25) is 0 Å². The fraction of sp³-hybridized carbons (Fsp3) is 0.643. The summed E-state index contributed by atoms with van der Waals surface area (Å²) < 4.78 is 0. The van der Waals surface area contributed by atoms with E-state index in [0.717, 1.165) is 19.4 Å². The van der Waals surface area contributed by atoms with E-state index in [0.29, 0.717) is 21.8 Å². The van der Waals surface area contributed by atoms with Crippen molar-refractivity contribution >= 4 is 27.8 Å². The number of nitrogens with zero attached hydrogens (tertiary/aromatic N) is 2. The van der Waals surface area contributed by atoms with E-state index in [1.54, 1.807) is 0 Å². The number of piperidine rings is 1. The van der Waals surface area contributed by atoms with Crippen molar-refractivity contribution in [2.45, 2.75) is 45.1 Å². The van der Waals surface area contributed by atoms with Crippen molar-refractivity contribution in [1.29, 1.82) is 0 Å². The second kappa shape index (κ2) is 5.16. The number of anilines is 1. The van der Waals surface area contributed by atoms with Crippen molar-refractivity contribution in [3.05, 3.63) is 21.1 Å². The van der Waals surface area contributed by atoms with Crippen LogP contribution in [0.4, 0.5) is 10.7 Å². The van der Waals surface area contributed by atoms with Crippen molar-refractivity contribution < 1.29 is 9.72 Å². The lowest BCUT2D eigenvalue weighted by Crippen LogP contribution is -2.42. The highest BCUT2D eigenvalue weighted by atomic mass is 32.1. The van der Waals surface area contributed by atoms with Gasteiger partial charge in [0, 0.05) is 18.7 Å². The molecule has 1 saturated carbocycles. The Morgan fingerprint density at radius 2 is 2.15 bits per heavy atom. The molecule has 1 aromatic heterocycles. The van der Waals surface area contributed by atoms with Gasteiger partial charge in [0.1, 0.15) is 0 Å². The zero-order chi connectivity index (χ0) is 14.3. The normalized spacial score (nSPS) is 25.6. The third kappa shape index (κ3) is 2.22. The highest BCUT2D eigenvalue weighted by molar-refractivity contribution is 7.18. The van der Waals surface area contributed by atoms with E-state index in [-0.39, 0.29) is 16.4 Å². The average Bonchev–Trinajstić information content (AvgIpc) is 3.04. The summed E-state index contributed by atoms with van der Waals surface area (Å²) in [6, 6.07) is 1.88. The van der Waals surface area contributed by atoms with Crippen LogP contribution in [0.15, 0.2) is 6.07 Å². The molecule has 2 heterocycles. The molecule has 1 aliphatic heterocycles. The predicted octanol–water partition coefficient (Wildman–Crippen LogP) is 3.63. The van der Waals surface area contributed by atoms with Gasteiger partial charge in [0.2, 0.25) is 0 Å². The molecule has 0 amide bonds. The lowest BCUT2D eigenvalue weighted by molar-refractivity contribution is -0.383. The van der Waals surface area contributed by atoms with Crippen molar-refractivity contribution in [1.82, 2.24) is 0 Å². The summed E-state index contributed by atoms with van der Waals surface area (Å²) in [5.74, 6) is 0.579. The molecule has 6 heteroatoms. The van der Waals surface area contributed by atoms with Crippen LogP contribution in [0.1, 0.15) is 48.7 Å². The van der Waals surface area contributed by atoms with Gasteiger partial charge in [-0.15, -0.1) is 11.3 Å². The Bertz CT molecular complexity index is 555. The van der Waals surface area contributed by atoms with E-state index in [1.807, 2.05) is 0 Å². The summed E-state index contributed by atoms with van der Waals surface area (Å²) in [5, 5.41) is 12.0. The molecule has 0 bridgehead atoms. The number of rotatable bonds is 3. The fourth-order valence-corrected chi connectivity index (χ4v) is 4.69. The Balaban J connectivity index is 1.99. The van der Waals surface area contributed by atoms with Crippen LogP contribution in [-0.2, 0) is 0 Å². The van der Waals surface area contributed by atoms with Crippen LogP contribution in [0, 0.1) is 16.0 Å². The van der Waals surface area contributed by atoms with Crippen LogP contribution >= 0.6 is 11.3 Å². The van der Waals surface area contributed by atoms with E-state index >= 15 is 0 Å². The van der Waals surface area contributed by atoms with Gasteiger partial charge in [-0.1, -0.05) is 6.42 Å². The van der Waals surface area contributed by atoms with Gasteiger partial charge in [-0.3, -0.25) is 14.9 Å². The van der Waals surface area contributed by atoms with Crippen LogP contribution < -0.4 is 4.90 Å². The van der Waals surface area contributed by atoms with Gasteiger partial charge in [-0.05, 0) is 38.5 Å². The summed E-state index contributed by atoms with van der Waals surface area (Å²) in [5.41, 5.74) is 0.104. The number of ketones is 1. The van der Waals surface area contributed by atoms with E-state index < -0.39 is 0 Å². The lowest BCUT2D eigenvalue weighted by Gasteiger charge is -2.38. The number of hydrogen-bond acceptors (Lipinski definition) is 5. The Hall–Kier alpha value is -1.43. The predicted molar refractivity (Wildman–Crippen MR) is 78.7 cm³/mol. The summed E-state index contributed by atoms with van der Waals surface area (Å²) in [4.78, 5) is 25.1. The molecule has 0 radical (unpaired) electrons. The quantitative estimate of drug-likeness (QED) is 0.485. The summed E-state index contributed by atoms with van der Waals surface area (Å²) in [6.07, 6.45) is 5.89. The number of thiophene rings is 1. The van der Waals surface area contributed by atoms with Gasteiger partial charge >= 0.3 is 5.69 Å². The maximum Gasteiger partial charge on any atom is 0.304 e. The lowest BCUT2D eigenvalue weighted by atomic mass is 9.92. The first kappa shape index (κ1) is 13.5. The molecule has 20 heavy (non-hydrogen) atoms. The highest BCUT2D eigenvalue weighted by Gasteiger charge is 2.38. The molecule has 2 fully saturated rings. The molecule has 0 aromatic carbocycles. The van der Waals surface area contributed by atoms with Gasteiger partial charge in [0.15, 0.2) is 10.8 Å². The van der Waals surface area contributed by atoms with Crippen molar-refractivity contribution in [2.24, 2.45) is 5.92 Å². The molecule has 108 valence electrons. The second-order valence-corrected chi connectivity index (χ2v) is 6.74. The maximum absolute atomic E-state index is 11.5. The van der Waals surface area contributed by atoms with E-state index in [2.05, 4.69) is 4.90 Å². The number of Topliss-reactive ketones (excluding diaryl/α,β-unsaturated/α-hetero) is 1. The number of fused-ring (bicyclic) bond motifs is 1. The van der Waals surface area contributed by atoms with E-state index in [4.69, 9.17) is 0 Å². The fourth-order valence-electron chi connectivity index (χ4n) is 3.59. The largest absolute Gasteiger partial charge is 0.355 e. The average molecular weight is 294 g/mol. The molecule has 1 aliphatic carbocycles. The first-order valence-electron chi connectivity index (χ1n) is 7.13. The molecule has 0 N–H and O–H groups in total. The molecular formula is C14H18N2O3S. The van der Waals surface area contributed by atoms with Gasteiger partial charge in [0.25, 0.3) is 0 Å². The molecule has 1 aromatic rings. The van der Waals surface area contributed by atoms with Gasteiger partial charge in [0.05, 0.1) is 9.80 Å². The minimum absolute atomic E-state index is 0.0932. The van der Waals surface area contributed by atoms with Gasteiger partial charge in [-0.25, -0.2) is 0 Å². The smallest absolute Gasteiger partial charge is 0.304 e. The zero-order valence-electron chi connectivity index (χ0n) is 11.5. The zero-order valence-corrected chi connectivity index (χ0v) is 12.3. The van der Waals surface area contributed by atoms with Crippen LogP contribution in [0.5, 0.6) is 0 Å². The Kier molecular flexibility index (Phi) is 3.50. The molecular weight excluding hydrogens is 276 g/mol. The SMILES string of the molecule is CC(=O)c1cc([N+](=O)[O-])c(N2CCCC3CCCC32)s1. The summed E-state index contributed by atoms with van der Waals surface area (Å²) in [7, 11) is 0. The second-order valence-electron chi connectivity index (χ2n) is 5.71. The first-order chi connectivity index (χ1) is 9.58. The summed E-state index contributed by atoms with van der Waals surface area (Å²) >= 11 is 1.29. The van der Waals surface area contributed by atoms with E-state index in [9.17, 15) is 14.9 Å². The van der Waals surface area contributed by atoms with Gasteiger partial charge < -0.3 is 4.90 Å². The molecule has 1 saturated heterocycles. The maximum atomic E-state index is 11.5. The molecule has 2 atom stereocenters. The highest BCUT2D eigenvalue weighted by Crippen LogP contribution is 2.45. The molecule has 2 aliphatic rings. The molecule has 3 rings (SSSR count). The number of nitro groups is 1. The van der Waals surface area contributed by atoms with Crippen molar-refractivity contribution in [3.63, 3.8) is 0 Å². The third-order valence-electron chi connectivity index (χ3n) is 4.49. The van der Waals surface area contributed by atoms with Crippen LogP contribution in [-0.4, -0.2) is 23.3 Å². The molecule has 2 unspecified atom stereocenters. The van der Waals surface area contributed by atoms with E-state index in [1.165, 1.54) is 43.6 Å². The third-order valence-corrected chi connectivity index (χ3v) is 5.75.